The fraction of sp³-hybridized carbons (Fsp3) is 0.188. The number of hydrogen-bond acceptors (Lipinski definition) is 2. The Bertz CT molecular complexity index is 629. The first kappa shape index (κ1) is 14.7. The van der Waals surface area contributed by atoms with Gasteiger partial charge in [-0.25, -0.2) is 4.39 Å². The molecule has 0 radical (unpaired) electrons. The summed E-state index contributed by atoms with van der Waals surface area (Å²) >= 11 is 3.33. The fourth-order valence-electron chi connectivity index (χ4n) is 2.07. The van der Waals surface area contributed by atoms with E-state index in [0.717, 1.165) is 4.48 Å². The quantitative estimate of drug-likeness (QED) is 0.896. The number of carbonyl (C=O) groups is 1. The third-order valence-electron chi connectivity index (χ3n) is 3.12. The van der Waals surface area contributed by atoms with E-state index in [1.807, 2.05) is 0 Å². The third-order valence-corrected chi connectivity index (χ3v) is 3.61. The summed E-state index contributed by atoms with van der Waals surface area (Å²) in [6.07, 6.45) is 5.22. The molecular formula is C16H14BrFO2. The Morgan fingerprint density at radius 3 is 2.90 bits per heavy atom. The lowest BCUT2D eigenvalue weighted by molar-refractivity contribution is -0.120. The number of carbonyl (C=O) groups excluding carboxylic acids is 1. The fourth-order valence-corrected chi connectivity index (χ4v) is 2.57. The van der Waals surface area contributed by atoms with Crippen molar-refractivity contribution in [1.82, 2.24) is 0 Å². The molecule has 1 aromatic rings. The zero-order chi connectivity index (χ0) is 14.7. The number of aliphatic hydroxyl groups excluding tert-OH is 1. The van der Waals surface area contributed by atoms with Gasteiger partial charge < -0.3 is 5.11 Å². The summed E-state index contributed by atoms with van der Waals surface area (Å²) in [5.74, 6) is -1.19. The molecule has 20 heavy (non-hydrogen) atoms. The minimum atomic E-state index is -0.690. The molecule has 1 aliphatic carbocycles. The minimum absolute atomic E-state index is 0.0390. The first-order valence-corrected chi connectivity index (χ1v) is 6.99. The molecule has 1 aliphatic rings. The second-order valence-electron chi connectivity index (χ2n) is 4.71. The third kappa shape index (κ3) is 3.45. The van der Waals surface area contributed by atoms with E-state index in [-0.39, 0.29) is 23.8 Å². The molecule has 1 aromatic carbocycles. The highest BCUT2D eigenvalue weighted by Gasteiger charge is 2.23. The Kier molecular flexibility index (Phi) is 4.55. The smallest absolute Gasteiger partial charge is 0.151 e. The van der Waals surface area contributed by atoms with Gasteiger partial charge in [-0.2, -0.15) is 0 Å². The van der Waals surface area contributed by atoms with Crippen LogP contribution in [0, 0.1) is 11.7 Å². The van der Waals surface area contributed by atoms with Gasteiger partial charge in [0.05, 0.1) is 5.92 Å². The molecule has 4 heteroatoms. The largest absolute Gasteiger partial charge is 0.511 e. The van der Waals surface area contributed by atoms with Crippen LogP contribution in [0.25, 0.3) is 0 Å². The van der Waals surface area contributed by atoms with E-state index in [1.54, 1.807) is 37.3 Å². The van der Waals surface area contributed by atoms with Gasteiger partial charge in [0.15, 0.2) is 5.78 Å². The Labute approximate surface area is 125 Å². The van der Waals surface area contributed by atoms with Crippen molar-refractivity contribution in [2.75, 3.05) is 0 Å². The van der Waals surface area contributed by atoms with Crippen molar-refractivity contribution in [1.29, 1.82) is 0 Å². The Morgan fingerprint density at radius 2 is 2.20 bits per heavy atom. The number of allylic oxidation sites excluding steroid dienone is 5. The van der Waals surface area contributed by atoms with Gasteiger partial charge in [0.1, 0.15) is 11.6 Å². The van der Waals surface area contributed by atoms with Crippen LogP contribution in [-0.4, -0.2) is 10.9 Å². The average molecular weight is 337 g/mol. The zero-order valence-corrected chi connectivity index (χ0v) is 12.5. The van der Waals surface area contributed by atoms with Crippen molar-refractivity contribution in [2.24, 2.45) is 5.92 Å². The molecule has 104 valence electrons. The average Bonchev–Trinajstić information content (AvgIpc) is 2.49. The lowest BCUT2D eigenvalue weighted by atomic mass is 9.94. The molecule has 0 fully saturated rings. The van der Waals surface area contributed by atoms with Gasteiger partial charge in [-0.15, -0.1) is 0 Å². The normalized spacial score (nSPS) is 18.8. The first-order valence-electron chi connectivity index (χ1n) is 6.19. The van der Waals surface area contributed by atoms with E-state index in [4.69, 9.17) is 0 Å². The van der Waals surface area contributed by atoms with Crippen LogP contribution in [0.5, 0.6) is 0 Å². The molecule has 1 unspecified atom stereocenters. The second kappa shape index (κ2) is 6.18. The van der Waals surface area contributed by atoms with E-state index in [0.29, 0.717) is 11.1 Å². The van der Waals surface area contributed by atoms with Crippen LogP contribution >= 0.6 is 15.9 Å². The van der Waals surface area contributed by atoms with Crippen molar-refractivity contribution in [3.8, 4) is 0 Å². The van der Waals surface area contributed by atoms with E-state index in [2.05, 4.69) is 15.9 Å². The van der Waals surface area contributed by atoms with E-state index in [9.17, 15) is 14.3 Å². The minimum Gasteiger partial charge on any atom is -0.511 e. The van der Waals surface area contributed by atoms with E-state index >= 15 is 0 Å². The van der Waals surface area contributed by atoms with Gasteiger partial charge in [0.2, 0.25) is 0 Å². The summed E-state index contributed by atoms with van der Waals surface area (Å²) in [6.45, 7) is 1.74. The SMILES string of the molecule is CC1=C(O)C(C(=O)Cc2cccc(F)c2)C=CC(Br)=C1. The number of rotatable bonds is 3. The summed E-state index contributed by atoms with van der Waals surface area (Å²) in [5.41, 5.74) is 1.24. The van der Waals surface area contributed by atoms with E-state index < -0.39 is 5.92 Å². The van der Waals surface area contributed by atoms with Crippen molar-refractivity contribution >= 4 is 21.7 Å². The molecular weight excluding hydrogens is 323 g/mol. The highest BCUT2D eigenvalue weighted by atomic mass is 79.9. The zero-order valence-electron chi connectivity index (χ0n) is 10.9. The van der Waals surface area contributed by atoms with Gasteiger partial charge in [-0.1, -0.05) is 40.2 Å². The van der Waals surface area contributed by atoms with Gasteiger partial charge >= 0.3 is 0 Å². The van der Waals surface area contributed by atoms with Crippen LogP contribution in [-0.2, 0) is 11.2 Å². The Hall–Kier alpha value is -1.68. The van der Waals surface area contributed by atoms with Crippen molar-refractivity contribution in [3.05, 3.63) is 69.7 Å². The van der Waals surface area contributed by atoms with Crippen LogP contribution in [0.15, 0.2) is 58.3 Å². The molecule has 0 spiro atoms. The number of ketones is 1. The maximum Gasteiger partial charge on any atom is 0.151 e. The molecule has 0 saturated heterocycles. The highest BCUT2D eigenvalue weighted by Crippen LogP contribution is 2.25. The predicted octanol–water partition coefficient (Wildman–Crippen LogP) is 4.23. The molecule has 1 N–H and O–H groups in total. The Balaban J connectivity index is 2.21. The number of Topliss-reactive ketones (excluding diaryl/α,β-unsaturated/α-hetero) is 1. The van der Waals surface area contributed by atoms with Crippen molar-refractivity contribution in [2.45, 2.75) is 13.3 Å². The van der Waals surface area contributed by atoms with E-state index in [1.165, 1.54) is 12.1 Å². The molecule has 2 nitrogen and oxygen atoms in total. The number of aliphatic hydroxyl groups is 1. The maximum atomic E-state index is 13.1. The van der Waals surface area contributed by atoms with Gasteiger partial charge in [-0.3, -0.25) is 4.79 Å². The first-order chi connectivity index (χ1) is 9.47. The van der Waals surface area contributed by atoms with Crippen molar-refractivity contribution < 1.29 is 14.3 Å². The van der Waals surface area contributed by atoms with Gasteiger partial charge in [0, 0.05) is 10.9 Å². The molecule has 0 aromatic heterocycles. The summed E-state index contributed by atoms with van der Waals surface area (Å²) < 4.78 is 13.9. The van der Waals surface area contributed by atoms with Gasteiger partial charge in [-0.05, 0) is 36.3 Å². The molecule has 1 atom stereocenters. The second-order valence-corrected chi connectivity index (χ2v) is 5.62. The lowest BCUT2D eigenvalue weighted by Crippen LogP contribution is -2.17. The van der Waals surface area contributed by atoms with Crippen molar-refractivity contribution in [3.63, 3.8) is 0 Å². The Morgan fingerprint density at radius 1 is 1.45 bits per heavy atom. The molecule has 0 heterocycles. The lowest BCUT2D eigenvalue weighted by Gasteiger charge is -2.12. The van der Waals surface area contributed by atoms with Crippen LogP contribution in [0.1, 0.15) is 12.5 Å². The van der Waals surface area contributed by atoms with Crippen LogP contribution < -0.4 is 0 Å². The molecule has 0 amide bonds. The monoisotopic (exact) mass is 336 g/mol. The van der Waals surface area contributed by atoms with Gasteiger partial charge in [0.25, 0.3) is 0 Å². The standard InChI is InChI=1S/C16H14BrFO2/c1-10-7-12(17)5-6-14(16(10)20)15(19)9-11-3-2-4-13(18)8-11/h2-8,14,20H,9H2,1H3. The molecule has 0 saturated carbocycles. The summed E-state index contributed by atoms with van der Waals surface area (Å²) in [6, 6.07) is 5.94. The molecule has 2 rings (SSSR count). The van der Waals surface area contributed by atoms with Crippen LogP contribution in [0.4, 0.5) is 4.39 Å². The summed E-state index contributed by atoms with van der Waals surface area (Å²) in [4.78, 5) is 12.3. The molecule has 0 bridgehead atoms. The topological polar surface area (TPSA) is 37.3 Å². The number of benzene rings is 1. The summed E-state index contributed by atoms with van der Waals surface area (Å²) in [7, 11) is 0. The maximum absolute atomic E-state index is 13.1. The highest BCUT2D eigenvalue weighted by molar-refractivity contribution is 9.11. The number of hydrogen-bond donors (Lipinski definition) is 1. The molecule has 0 aliphatic heterocycles. The number of halogens is 2. The summed E-state index contributed by atoms with van der Waals surface area (Å²) in [5, 5.41) is 10.1. The van der Waals surface area contributed by atoms with Crippen LogP contribution in [0.3, 0.4) is 0 Å². The predicted molar refractivity (Wildman–Crippen MR) is 80.1 cm³/mol. The van der Waals surface area contributed by atoms with Crippen LogP contribution in [0.2, 0.25) is 0 Å².